The van der Waals surface area contributed by atoms with Crippen LogP contribution >= 0.6 is 0 Å². The number of hydrogen-bond acceptors (Lipinski definition) is 3. The number of hydrogen-bond donors (Lipinski definition) is 2. The van der Waals surface area contributed by atoms with E-state index in [1.54, 1.807) is 6.07 Å². The number of phenols is 1. The lowest BCUT2D eigenvalue weighted by molar-refractivity contribution is 0.172. The standard InChI is InChI=1S/C32H41NO2/c1-5-6-7-11-25(4)31(16-10-21-34)32(29-14-9-15-30(35)23-29)28-13-8-12-27(22-28)26-17-19-33(20-18-26)24(2)3/h5-9,11-15,22-24,26,34-35H,4,10,16-21H2,1-3H3/b6-5-,11-7-,32-31+. The minimum atomic E-state index is 0.122. The van der Waals surface area contributed by atoms with Gasteiger partial charge in [-0.2, -0.15) is 0 Å². The second-order valence-electron chi connectivity index (χ2n) is 9.67. The van der Waals surface area contributed by atoms with E-state index < -0.39 is 0 Å². The molecule has 1 aliphatic rings. The maximum Gasteiger partial charge on any atom is 0.116 e. The number of aliphatic hydroxyl groups excluding tert-OH is 1. The molecule has 0 unspecified atom stereocenters. The van der Waals surface area contributed by atoms with Crippen LogP contribution in [0.3, 0.4) is 0 Å². The number of allylic oxidation sites excluding steroid dienone is 6. The van der Waals surface area contributed by atoms with E-state index in [2.05, 4.69) is 49.6 Å². The summed E-state index contributed by atoms with van der Waals surface area (Å²) in [5, 5.41) is 19.9. The van der Waals surface area contributed by atoms with Crippen LogP contribution in [-0.2, 0) is 0 Å². The van der Waals surface area contributed by atoms with Gasteiger partial charge in [0, 0.05) is 12.6 Å². The molecule has 3 nitrogen and oxygen atoms in total. The first-order valence-electron chi connectivity index (χ1n) is 12.9. The van der Waals surface area contributed by atoms with Gasteiger partial charge in [-0.3, -0.25) is 0 Å². The first kappa shape index (κ1) is 26.7. The highest BCUT2D eigenvalue weighted by atomic mass is 16.3. The Bertz CT molecular complexity index is 1070. The van der Waals surface area contributed by atoms with Crippen LogP contribution in [-0.4, -0.2) is 40.9 Å². The molecule has 35 heavy (non-hydrogen) atoms. The van der Waals surface area contributed by atoms with Crippen LogP contribution in [0.5, 0.6) is 5.75 Å². The molecule has 2 N–H and O–H groups in total. The summed E-state index contributed by atoms with van der Waals surface area (Å²) in [5.41, 5.74) is 6.56. The SMILES string of the molecule is C=C(/C=C\C=C/C)/C(CCCO)=C(/c1cccc(O)c1)c1cccc(C2CCN(C(C)C)CC2)c1. The third kappa shape index (κ3) is 7.30. The highest BCUT2D eigenvalue weighted by Gasteiger charge is 2.23. The van der Waals surface area contributed by atoms with Crippen LogP contribution < -0.4 is 0 Å². The van der Waals surface area contributed by atoms with E-state index in [-0.39, 0.29) is 12.4 Å². The van der Waals surface area contributed by atoms with Gasteiger partial charge in [0.05, 0.1) is 0 Å². The Balaban J connectivity index is 2.09. The van der Waals surface area contributed by atoms with E-state index in [0.717, 1.165) is 40.9 Å². The summed E-state index contributed by atoms with van der Waals surface area (Å²) in [6.07, 6.45) is 11.7. The molecule has 2 aromatic carbocycles. The normalized spacial score (nSPS) is 16.4. The molecular weight excluding hydrogens is 430 g/mol. The quantitative estimate of drug-likeness (QED) is 0.359. The van der Waals surface area contributed by atoms with Crippen LogP contribution in [0.15, 0.2) is 90.6 Å². The number of nitrogens with zero attached hydrogens (tertiary/aromatic N) is 1. The average Bonchev–Trinajstić information content (AvgIpc) is 2.86. The minimum absolute atomic E-state index is 0.122. The lowest BCUT2D eigenvalue weighted by Crippen LogP contribution is -2.37. The van der Waals surface area contributed by atoms with Crippen LogP contribution in [0.25, 0.3) is 5.57 Å². The predicted octanol–water partition coefficient (Wildman–Crippen LogP) is 7.24. The Morgan fingerprint density at radius 3 is 2.37 bits per heavy atom. The van der Waals surface area contributed by atoms with E-state index in [1.165, 1.54) is 18.4 Å². The topological polar surface area (TPSA) is 43.7 Å². The fourth-order valence-corrected chi connectivity index (χ4v) is 4.96. The molecule has 186 valence electrons. The molecule has 0 radical (unpaired) electrons. The zero-order chi connectivity index (χ0) is 25.2. The molecule has 3 heteroatoms. The number of aliphatic hydroxyl groups is 1. The molecule has 1 aliphatic heterocycles. The van der Waals surface area contributed by atoms with Crippen molar-refractivity contribution in [1.82, 2.24) is 4.90 Å². The Morgan fingerprint density at radius 2 is 1.74 bits per heavy atom. The van der Waals surface area contributed by atoms with Gasteiger partial charge in [0.1, 0.15) is 5.75 Å². The Hall–Kier alpha value is -2.88. The van der Waals surface area contributed by atoms with Gasteiger partial charge in [-0.1, -0.05) is 67.3 Å². The van der Waals surface area contributed by atoms with Crippen molar-refractivity contribution in [3.63, 3.8) is 0 Å². The summed E-state index contributed by atoms with van der Waals surface area (Å²) < 4.78 is 0. The number of likely N-dealkylation sites (tertiary alicyclic amines) is 1. The molecule has 0 aromatic heterocycles. The lowest BCUT2D eigenvalue weighted by Gasteiger charge is -2.35. The molecule has 2 aromatic rings. The maximum absolute atomic E-state index is 10.3. The van der Waals surface area contributed by atoms with Crippen LogP contribution in [0.2, 0.25) is 0 Å². The highest BCUT2D eigenvalue weighted by molar-refractivity contribution is 5.85. The summed E-state index contributed by atoms with van der Waals surface area (Å²) in [4.78, 5) is 2.56. The fourth-order valence-electron chi connectivity index (χ4n) is 4.96. The van der Waals surface area contributed by atoms with E-state index in [4.69, 9.17) is 0 Å². The van der Waals surface area contributed by atoms with E-state index in [9.17, 15) is 10.2 Å². The molecule has 0 amide bonds. The zero-order valence-electron chi connectivity index (χ0n) is 21.6. The van der Waals surface area contributed by atoms with E-state index >= 15 is 0 Å². The van der Waals surface area contributed by atoms with Crippen LogP contribution in [0, 0.1) is 0 Å². The monoisotopic (exact) mass is 471 g/mol. The van der Waals surface area contributed by atoms with Gasteiger partial charge in [0.15, 0.2) is 0 Å². The molecule has 3 rings (SSSR count). The molecule has 0 aliphatic carbocycles. The van der Waals surface area contributed by atoms with E-state index in [1.807, 2.05) is 49.4 Å². The van der Waals surface area contributed by atoms with Crippen molar-refractivity contribution in [2.75, 3.05) is 19.7 Å². The van der Waals surface area contributed by atoms with Crippen LogP contribution in [0.1, 0.15) is 69.1 Å². The number of piperidine rings is 1. The smallest absolute Gasteiger partial charge is 0.116 e. The molecule has 0 spiro atoms. The maximum atomic E-state index is 10.3. The summed E-state index contributed by atoms with van der Waals surface area (Å²) in [6, 6.07) is 17.0. The number of phenolic OH excluding ortho intramolecular Hbond substituents is 1. The molecule has 1 saturated heterocycles. The molecule has 1 heterocycles. The number of aromatic hydroxyl groups is 1. The van der Waals surface area contributed by atoms with Crippen molar-refractivity contribution < 1.29 is 10.2 Å². The third-order valence-corrected chi connectivity index (χ3v) is 6.92. The van der Waals surface area contributed by atoms with Gasteiger partial charge in [0.25, 0.3) is 0 Å². The van der Waals surface area contributed by atoms with E-state index in [0.29, 0.717) is 24.8 Å². The predicted molar refractivity (Wildman–Crippen MR) is 149 cm³/mol. The van der Waals surface area contributed by atoms with Gasteiger partial charge in [0.2, 0.25) is 0 Å². The zero-order valence-corrected chi connectivity index (χ0v) is 21.6. The minimum Gasteiger partial charge on any atom is -0.508 e. The third-order valence-electron chi connectivity index (χ3n) is 6.92. The highest BCUT2D eigenvalue weighted by Crippen LogP contribution is 2.37. The molecule has 0 atom stereocenters. The second-order valence-corrected chi connectivity index (χ2v) is 9.67. The number of benzene rings is 2. The van der Waals surface area contributed by atoms with Gasteiger partial charge >= 0.3 is 0 Å². The largest absolute Gasteiger partial charge is 0.508 e. The Kier molecular flexibility index (Phi) is 10.1. The van der Waals surface area contributed by atoms with Crippen LogP contribution in [0.4, 0.5) is 0 Å². The van der Waals surface area contributed by atoms with Gasteiger partial charge in [-0.25, -0.2) is 0 Å². The van der Waals surface area contributed by atoms with Gasteiger partial charge < -0.3 is 15.1 Å². The van der Waals surface area contributed by atoms with Crippen molar-refractivity contribution in [1.29, 1.82) is 0 Å². The summed E-state index contributed by atoms with van der Waals surface area (Å²) >= 11 is 0. The van der Waals surface area contributed by atoms with Crippen molar-refractivity contribution in [3.8, 4) is 5.75 Å². The average molecular weight is 472 g/mol. The van der Waals surface area contributed by atoms with Crippen molar-refractivity contribution in [3.05, 3.63) is 107 Å². The van der Waals surface area contributed by atoms with Gasteiger partial charge in [-0.05, 0) is 111 Å². The van der Waals surface area contributed by atoms with Crippen molar-refractivity contribution >= 4 is 5.57 Å². The van der Waals surface area contributed by atoms with Crippen molar-refractivity contribution in [2.45, 2.75) is 58.4 Å². The van der Waals surface area contributed by atoms with Gasteiger partial charge in [-0.15, -0.1) is 0 Å². The first-order valence-corrected chi connectivity index (χ1v) is 12.9. The Morgan fingerprint density at radius 1 is 1.06 bits per heavy atom. The summed E-state index contributed by atoms with van der Waals surface area (Å²) in [7, 11) is 0. The lowest BCUT2D eigenvalue weighted by atomic mass is 9.83. The molecular formula is C32H41NO2. The molecule has 0 saturated carbocycles. The summed E-state index contributed by atoms with van der Waals surface area (Å²) in [5.74, 6) is 0.794. The molecule has 0 bridgehead atoms. The molecule has 1 fully saturated rings. The van der Waals surface area contributed by atoms with Crippen molar-refractivity contribution in [2.24, 2.45) is 0 Å². The summed E-state index contributed by atoms with van der Waals surface area (Å²) in [6.45, 7) is 13.3. The number of rotatable bonds is 10. The Labute approximate surface area is 211 Å². The first-order chi connectivity index (χ1) is 16.9. The second kappa shape index (κ2) is 13.3. The fraction of sp³-hybridized carbons (Fsp3) is 0.375.